The van der Waals surface area contributed by atoms with Crippen molar-refractivity contribution in [3.8, 4) is 0 Å². The zero-order chi connectivity index (χ0) is 16.2. The molecular weight excluding hydrogens is 297 g/mol. The molecule has 1 heterocycles. The minimum absolute atomic E-state index is 0.104. The summed E-state index contributed by atoms with van der Waals surface area (Å²) >= 11 is 0. The standard InChI is InChI=1S/C17H24FN3O2/c18-15-4-2-1-3-14(15)16(22)11-20-7-9-21(10-8-20)12-17(23)19-13-5-6-13/h1-4,13,16,22H,5-12H2,(H,19,23). The van der Waals surface area contributed by atoms with Crippen molar-refractivity contribution in [1.29, 1.82) is 0 Å². The van der Waals surface area contributed by atoms with Crippen LogP contribution in [-0.2, 0) is 4.79 Å². The number of hydrogen-bond acceptors (Lipinski definition) is 4. The van der Waals surface area contributed by atoms with Crippen LogP contribution in [0.5, 0.6) is 0 Å². The molecule has 1 aromatic carbocycles. The number of carbonyl (C=O) groups excluding carboxylic acids is 1. The Hall–Kier alpha value is -1.50. The molecule has 3 rings (SSSR count). The summed E-state index contributed by atoms with van der Waals surface area (Å²) in [5, 5.41) is 13.2. The van der Waals surface area contributed by atoms with Crippen LogP contribution in [0.3, 0.4) is 0 Å². The molecule has 0 radical (unpaired) electrons. The summed E-state index contributed by atoms with van der Waals surface area (Å²) in [6.07, 6.45) is 1.39. The number of benzene rings is 1. The second kappa shape index (κ2) is 7.38. The summed E-state index contributed by atoms with van der Waals surface area (Å²) in [6.45, 7) is 4.01. The first-order chi connectivity index (χ1) is 11.1. The first-order valence-electron chi connectivity index (χ1n) is 8.28. The van der Waals surface area contributed by atoms with Gasteiger partial charge in [-0.3, -0.25) is 14.6 Å². The zero-order valence-corrected chi connectivity index (χ0v) is 13.2. The van der Waals surface area contributed by atoms with E-state index in [1.165, 1.54) is 6.07 Å². The third-order valence-electron chi connectivity index (χ3n) is 4.47. The molecule has 2 N–H and O–H groups in total. The van der Waals surface area contributed by atoms with E-state index < -0.39 is 6.10 Å². The number of halogens is 1. The molecular formula is C17H24FN3O2. The van der Waals surface area contributed by atoms with E-state index in [1.807, 2.05) is 0 Å². The van der Waals surface area contributed by atoms with Crippen LogP contribution in [0.15, 0.2) is 24.3 Å². The molecule has 0 aromatic heterocycles. The summed E-state index contributed by atoms with van der Waals surface area (Å²) in [7, 11) is 0. The van der Waals surface area contributed by atoms with Crippen LogP contribution >= 0.6 is 0 Å². The van der Waals surface area contributed by atoms with E-state index in [0.29, 0.717) is 24.7 Å². The normalized spacial score (nSPS) is 21.1. The average Bonchev–Trinajstić information content (AvgIpc) is 3.33. The lowest BCUT2D eigenvalue weighted by atomic mass is 10.1. The fourth-order valence-corrected chi connectivity index (χ4v) is 2.92. The summed E-state index contributed by atoms with van der Waals surface area (Å²) in [6, 6.07) is 6.75. The van der Waals surface area contributed by atoms with Crippen LogP contribution in [0, 0.1) is 5.82 Å². The highest BCUT2D eigenvalue weighted by Crippen LogP contribution is 2.19. The van der Waals surface area contributed by atoms with Crippen LogP contribution in [-0.4, -0.2) is 66.1 Å². The summed E-state index contributed by atoms with van der Waals surface area (Å²) in [5.41, 5.74) is 0.346. The maximum atomic E-state index is 13.7. The Labute approximate surface area is 136 Å². The van der Waals surface area contributed by atoms with Crippen molar-refractivity contribution in [3.63, 3.8) is 0 Å². The minimum Gasteiger partial charge on any atom is -0.387 e. The van der Waals surface area contributed by atoms with Crippen LogP contribution in [0.4, 0.5) is 4.39 Å². The van der Waals surface area contributed by atoms with Gasteiger partial charge >= 0.3 is 0 Å². The molecule has 2 fully saturated rings. The quantitative estimate of drug-likeness (QED) is 0.812. The number of amides is 1. The van der Waals surface area contributed by atoms with Gasteiger partial charge in [0.2, 0.25) is 5.91 Å². The fourth-order valence-electron chi connectivity index (χ4n) is 2.92. The van der Waals surface area contributed by atoms with Gasteiger partial charge < -0.3 is 10.4 Å². The van der Waals surface area contributed by atoms with E-state index in [4.69, 9.17) is 0 Å². The Kier molecular flexibility index (Phi) is 5.25. The minimum atomic E-state index is -0.819. The maximum Gasteiger partial charge on any atom is 0.234 e. The molecule has 1 aromatic rings. The van der Waals surface area contributed by atoms with Gasteiger partial charge in [0.25, 0.3) is 0 Å². The van der Waals surface area contributed by atoms with Gasteiger partial charge in [-0.2, -0.15) is 0 Å². The predicted molar refractivity (Wildman–Crippen MR) is 85.4 cm³/mol. The van der Waals surface area contributed by atoms with Crippen molar-refractivity contribution in [2.45, 2.75) is 25.0 Å². The Bertz CT molecular complexity index is 542. The Balaban J connectivity index is 1.42. The smallest absolute Gasteiger partial charge is 0.234 e. The van der Waals surface area contributed by atoms with Crippen LogP contribution in [0.1, 0.15) is 24.5 Å². The topological polar surface area (TPSA) is 55.8 Å². The molecule has 1 saturated heterocycles. The van der Waals surface area contributed by atoms with E-state index in [2.05, 4.69) is 15.1 Å². The van der Waals surface area contributed by atoms with Gasteiger partial charge in [-0.25, -0.2) is 4.39 Å². The molecule has 126 valence electrons. The first kappa shape index (κ1) is 16.4. The van der Waals surface area contributed by atoms with Gasteiger partial charge in [0, 0.05) is 44.3 Å². The second-order valence-corrected chi connectivity index (χ2v) is 6.46. The van der Waals surface area contributed by atoms with Crippen LogP contribution in [0.2, 0.25) is 0 Å². The molecule has 6 heteroatoms. The lowest BCUT2D eigenvalue weighted by Gasteiger charge is -2.35. The largest absolute Gasteiger partial charge is 0.387 e. The van der Waals surface area contributed by atoms with Gasteiger partial charge in [-0.05, 0) is 18.9 Å². The van der Waals surface area contributed by atoms with E-state index >= 15 is 0 Å². The number of hydrogen-bond donors (Lipinski definition) is 2. The highest BCUT2D eigenvalue weighted by molar-refractivity contribution is 5.78. The van der Waals surface area contributed by atoms with E-state index in [9.17, 15) is 14.3 Å². The maximum absolute atomic E-state index is 13.7. The SMILES string of the molecule is O=C(CN1CCN(CC(O)c2ccccc2F)CC1)NC1CC1. The first-order valence-corrected chi connectivity index (χ1v) is 8.28. The molecule has 1 atom stereocenters. The van der Waals surface area contributed by atoms with Crippen LogP contribution < -0.4 is 5.32 Å². The predicted octanol–water partition coefficient (Wildman–Crippen LogP) is 0.755. The van der Waals surface area contributed by atoms with Gasteiger partial charge in [-0.1, -0.05) is 18.2 Å². The average molecular weight is 321 g/mol. The monoisotopic (exact) mass is 321 g/mol. The number of aliphatic hydroxyl groups excluding tert-OH is 1. The lowest BCUT2D eigenvalue weighted by molar-refractivity contribution is -0.122. The molecule has 1 amide bonds. The molecule has 1 saturated carbocycles. The van der Waals surface area contributed by atoms with Gasteiger partial charge in [-0.15, -0.1) is 0 Å². The summed E-state index contributed by atoms with van der Waals surface area (Å²) in [5.74, 6) is -0.261. The zero-order valence-electron chi connectivity index (χ0n) is 13.2. The van der Waals surface area contributed by atoms with E-state index in [1.54, 1.807) is 18.2 Å². The Morgan fingerprint density at radius 3 is 2.52 bits per heavy atom. The highest BCUT2D eigenvalue weighted by atomic mass is 19.1. The number of aliphatic hydroxyl groups is 1. The molecule has 0 spiro atoms. The highest BCUT2D eigenvalue weighted by Gasteiger charge is 2.26. The Morgan fingerprint density at radius 1 is 1.22 bits per heavy atom. The molecule has 1 aliphatic carbocycles. The number of β-amino-alcohol motifs (C(OH)–C–C–N with tert-alkyl or cyclic N) is 1. The molecule has 23 heavy (non-hydrogen) atoms. The molecule has 5 nitrogen and oxygen atoms in total. The van der Waals surface area contributed by atoms with Gasteiger partial charge in [0.05, 0.1) is 12.6 Å². The Morgan fingerprint density at radius 2 is 1.87 bits per heavy atom. The number of rotatable bonds is 6. The molecule has 1 unspecified atom stereocenters. The fraction of sp³-hybridized carbons (Fsp3) is 0.588. The van der Waals surface area contributed by atoms with E-state index in [0.717, 1.165) is 39.0 Å². The van der Waals surface area contributed by atoms with Crippen molar-refractivity contribution >= 4 is 5.91 Å². The second-order valence-electron chi connectivity index (χ2n) is 6.46. The third-order valence-corrected chi connectivity index (χ3v) is 4.47. The lowest BCUT2D eigenvalue weighted by Crippen LogP contribution is -2.50. The van der Waals surface area contributed by atoms with Crippen LogP contribution in [0.25, 0.3) is 0 Å². The van der Waals surface area contributed by atoms with Crippen molar-refractivity contribution < 1.29 is 14.3 Å². The number of piperazine rings is 1. The third kappa shape index (κ3) is 4.73. The van der Waals surface area contributed by atoms with E-state index in [-0.39, 0.29) is 11.7 Å². The number of carbonyl (C=O) groups is 1. The summed E-state index contributed by atoms with van der Waals surface area (Å²) < 4.78 is 13.7. The van der Waals surface area contributed by atoms with Crippen molar-refractivity contribution in [3.05, 3.63) is 35.6 Å². The van der Waals surface area contributed by atoms with Gasteiger partial charge in [0.1, 0.15) is 5.82 Å². The number of nitrogens with zero attached hydrogens (tertiary/aromatic N) is 2. The summed E-state index contributed by atoms with van der Waals surface area (Å²) in [4.78, 5) is 16.0. The number of nitrogens with one attached hydrogen (secondary N) is 1. The van der Waals surface area contributed by atoms with Crippen molar-refractivity contribution in [1.82, 2.24) is 15.1 Å². The molecule has 1 aliphatic heterocycles. The van der Waals surface area contributed by atoms with Crippen molar-refractivity contribution in [2.24, 2.45) is 0 Å². The van der Waals surface area contributed by atoms with Crippen molar-refractivity contribution in [2.75, 3.05) is 39.3 Å². The van der Waals surface area contributed by atoms with Gasteiger partial charge in [0.15, 0.2) is 0 Å². The molecule has 2 aliphatic rings. The molecule has 0 bridgehead atoms.